The van der Waals surface area contributed by atoms with Gasteiger partial charge < -0.3 is 14.7 Å². The van der Waals surface area contributed by atoms with Crippen LogP contribution in [0.1, 0.15) is 44.0 Å². The van der Waals surface area contributed by atoms with E-state index in [9.17, 15) is 9.59 Å². The van der Waals surface area contributed by atoms with E-state index >= 15 is 0 Å². The molecule has 1 atom stereocenters. The Morgan fingerprint density at radius 1 is 1.24 bits per heavy atom. The second-order valence-corrected chi connectivity index (χ2v) is 6.23. The number of likely N-dealkylation sites (tertiary alicyclic amines) is 1. The van der Waals surface area contributed by atoms with Gasteiger partial charge in [-0.15, -0.1) is 0 Å². The third-order valence-corrected chi connectivity index (χ3v) is 3.32. The minimum Gasteiger partial charge on any atom is -0.488 e. The summed E-state index contributed by atoms with van der Waals surface area (Å²) in [6.07, 6.45) is 1.25. The van der Waals surface area contributed by atoms with Gasteiger partial charge in [0, 0.05) is 12.1 Å². The summed E-state index contributed by atoms with van der Waals surface area (Å²) in [7, 11) is 0. The summed E-state index contributed by atoms with van der Waals surface area (Å²) >= 11 is 0. The maximum atomic E-state index is 12.4. The monoisotopic (exact) mass is 291 g/mol. The van der Waals surface area contributed by atoms with Gasteiger partial charge >= 0.3 is 5.97 Å². The van der Waals surface area contributed by atoms with Crippen LogP contribution in [0.15, 0.2) is 24.3 Å². The zero-order valence-corrected chi connectivity index (χ0v) is 12.6. The van der Waals surface area contributed by atoms with Crippen molar-refractivity contribution in [3.8, 4) is 5.75 Å². The van der Waals surface area contributed by atoms with Crippen LogP contribution in [0.4, 0.5) is 0 Å². The van der Waals surface area contributed by atoms with Gasteiger partial charge in [0.05, 0.1) is 0 Å². The second-order valence-electron chi connectivity index (χ2n) is 6.23. The number of nitrogens with zero attached hydrogens (tertiary/aromatic N) is 1. The zero-order valence-electron chi connectivity index (χ0n) is 12.6. The summed E-state index contributed by atoms with van der Waals surface area (Å²) < 4.78 is 5.70. The maximum Gasteiger partial charge on any atom is 0.326 e. The number of amides is 1. The van der Waals surface area contributed by atoms with Gasteiger partial charge in [0.1, 0.15) is 17.4 Å². The lowest BCUT2D eigenvalue weighted by atomic mass is 10.1. The van der Waals surface area contributed by atoms with Crippen molar-refractivity contribution in [3.05, 3.63) is 29.8 Å². The van der Waals surface area contributed by atoms with E-state index in [-0.39, 0.29) is 11.5 Å². The predicted octanol–water partition coefficient (Wildman–Crippen LogP) is 2.55. The molecule has 1 fully saturated rings. The van der Waals surface area contributed by atoms with Gasteiger partial charge in [0.15, 0.2) is 0 Å². The molecule has 5 nitrogen and oxygen atoms in total. The van der Waals surface area contributed by atoms with Crippen LogP contribution in [0.3, 0.4) is 0 Å². The zero-order chi connectivity index (χ0) is 15.6. The average Bonchev–Trinajstić information content (AvgIpc) is 2.86. The number of carboxylic acids is 1. The number of ether oxygens (including phenoxy) is 1. The number of hydrogen-bond acceptors (Lipinski definition) is 3. The molecule has 5 heteroatoms. The fourth-order valence-electron chi connectivity index (χ4n) is 2.45. The van der Waals surface area contributed by atoms with Crippen molar-refractivity contribution in [2.75, 3.05) is 6.54 Å². The first-order valence-electron chi connectivity index (χ1n) is 7.11. The standard InChI is InChI=1S/C16H21NO4/c1-16(2,3)21-12-8-6-11(7-9-12)14(18)17-10-4-5-13(17)15(19)20/h6-9,13H,4-5,10H2,1-3H3,(H,19,20). The first-order chi connectivity index (χ1) is 9.78. The Balaban J connectivity index is 2.11. The lowest BCUT2D eigenvalue weighted by molar-refractivity contribution is -0.141. The van der Waals surface area contributed by atoms with Crippen LogP contribution in [0, 0.1) is 0 Å². The van der Waals surface area contributed by atoms with Crippen molar-refractivity contribution in [2.24, 2.45) is 0 Å². The molecule has 0 radical (unpaired) electrons. The molecule has 1 unspecified atom stereocenters. The molecule has 1 N–H and O–H groups in total. The number of benzene rings is 1. The summed E-state index contributed by atoms with van der Waals surface area (Å²) in [4.78, 5) is 25.0. The third kappa shape index (κ3) is 3.74. The van der Waals surface area contributed by atoms with Crippen molar-refractivity contribution in [1.29, 1.82) is 0 Å². The Bertz CT molecular complexity index is 530. The highest BCUT2D eigenvalue weighted by atomic mass is 16.5. The highest BCUT2D eigenvalue weighted by Crippen LogP contribution is 2.23. The van der Waals surface area contributed by atoms with Crippen LogP contribution in [0.25, 0.3) is 0 Å². The smallest absolute Gasteiger partial charge is 0.326 e. The Morgan fingerprint density at radius 2 is 1.86 bits per heavy atom. The van der Waals surface area contributed by atoms with Gasteiger partial charge in [-0.25, -0.2) is 4.79 Å². The van der Waals surface area contributed by atoms with E-state index in [4.69, 9.17) is 9.84 Å². The lowest BCUT2D eigenvalue weighted by Crippen LogP contribution is -2.40. The number of rotatable bonds is 3. The molecule has 1 aliphatic rings. The highest BCUT2D eigenvalue weighted by molar-refractivity contribution is 5.97. The van der Waals surface area contributed by atoms with Crippen LogP contribution >= 0.6 is 0 Å². The molecule has 1 aromatic rings. The molecule has 0 spiro atoms. The van der Waals surface area contributed by atoms with Gasteiger partial charge in [0.25, 0.3) is 5.91 Å². The molecule has 0 aromatic heterocycles. The molecule has 114 valence electrons. The largest absolute Gasteiger partial charge is 0.488 e. The van der Waals surface area contributed by atoms with Crippen LogP contribution in [0.5, 0.6) is 5.75 Å². The summed E-state index contributed by atoms with van der Waals surface area (Å²) in [5.41, 5.74) is 0.193. The maximum absolute atomic E-state index is 12.4. The summed E-state index contributed by atoms with van der Waals surface area (Å²) in [6.45, 7) is 6.35. The Hall–Kier alpha value is -2.04. The normalized spacial score (nSPS) is 18.6. The third-order valence-electron chi connectivity index (χ3n) is 3.32. The van der Waals surface area contributed by atoms with E-state index < -0.39 is 12.0 Å². The van der Waals surface area contributed by atoms with Crippen LogP contribution < -0.4 is 4.74 Å². The first-order valence-corrected chi connectivity index (χ1v) is 7.11. The summed E-state index contributed by atoms with van der Waals surface area (Å²) in [6, 6.07) is 6.14. The molecular weight excluding hydrogens is 270 g/mol. The van der Waals surface area contributed by atoms with Crippen molar-refractivity contribution >= 4 is 11.9 Å². The first kappa shape index (κ1) is 15.4. The Labute approximate surface area is 124 Å². The molecule has 0 aliphatic carbocycles. The molecule has 1 aliphatic heterocycles. The van der Waals surface area contributed by atoms with E-state index in [0.29, 0.717) is 24.3 Å². The lowest BCUT2D eigenvalue weighted by Gasteiger charge is -2.23. The van der Waals surface area contributed by atoms with Crippen molar-refractivity contribution in [3.63, 3.8) is 0 Å². The molecular formula is C16H21NO4. The van der Waals surface area contributed by atoms with E-state index in [0.717, 1.165) is 6.42 Å². The van der Waals surface area contributed by atoms with Gasteiger partial charge in [-0.2, -0.15) is 0 Å². The number of carboxylic acid groups (broad SMARTS) is 1. The molecule has 2 rings (SSSR count). The van der Waals surface area contributed by atoms with Gasteiger partial charge in [0.2, 0.25) is 0 Å². The van der Waals surface area contributed by atoms with E-state index in [1.165, 1.54) is 4.90 Å². The van der Waals surface area contributed by atoms with Crippen molar-refractivity contribution in [2.45, 2.75) is 45.3 Å². The summed E-state index contributed by atoms with van der Waals surface area (Å²) in [5.74, 6) is -0.481. The minimum absolute atomic E-state index is 0.234. The van der Waals surface area contributed by atoms with Gasteiger partial charge in [-0.1, -0.05) is 0 Å². The predicted molar refractivity (Wildman–Crippen MR) is 78.5 cm³/mol. The molecule has 1 amide bonds. The quantitative estimate of drug-likeness (QED) is 0.929. The SMILES string of the molecule is CC(C)(C)Oc1ccc(C(=O)N2CCCC2C(=O)O)cc1. The van der Waals surface area contributed by atoms with Crippen LogP contribution in [-0.2, 0) is 4.79 Å². The number of carbonyl (C=O) groups excluding carboxylic acids is 1. The Kier molecular flexibility index (Phi) is 4.21. The number of aliphatic carboxylic acids is 1. The van der Waals surface area contributed by atoms with E-state index in [2.05, 4.69) is 0 Å². The highest BCUT2D eigenvalue weighted by Gasteiger charge is 2.34. The fourth-order valence-corrected chi connectivity index (χ4v) is 2.45. The molecule has 21 heavy (non-hydrogen) atoms. The van der Waals surface area contributed by atoms with E-state index in [1.807, 2.05) is 20.8 Å². The van der Waals surface area contributed by atoms with Crippen molar-refractivity contribution in [1.82, 2.24) is 4.90 Å². The van der Waals surface area contributed by atoms with Crippen LogP contribution in [0.2, 0.25) is 0 Å². The van der Waals surface area contributed by atoms with Gasteiger partial charge in [-0.3, -0.25) is 4.79 Å². The second kappa shape index (κ2) is 5.76. The Morgan fingerprint density at radius 3 is 2.38 bits per heavy atom. The molecule has 0 saturated carbocycles. The van der Waals surface area contributed by atoms with Crippen LogP contribution in [-0.4, -0.2) is 40.1 Å². The fraction of sp³-hybridized carbons (Fsp3) is 0.500. The van der Waals surface area contributed by atoms with E-state index in [1.54, 1.807) is 24.3 Å². The minimum atomic E-state index is -0.937. The number of carbonyl (C=O) groups is 2. The molecule has 1 aromatic carbocycles. The number of hydrogen-bond donors (Lipinski definition) is 1. The average molecular weight is 291 g/mol. The topological polar surface area (TPSA) is 66.8 Å². The molecule has 1 heterocycles. The summed E-state index contributed by atoms with van der Waals surface area (Å²) in [5, 5.41) is 9.14. The van der Waals surface area contributed by atoms with Gasteiger partial charge in [-0.05, 0) is 57.9 Å². The van der Waals surface area contributed by atoms with Crippen molar-refractivity contribution < 1.29 is 19.4 Å². The molecule has 1 saturated heterocycles. The molecule has 0 bridgehead atoms.